The molecule has 0 saturated heterocycles. The van der Waals surface area contributed by atoms with Crippen LogP contribution < -0.4 is 0 Å². The van der Waals surface area contributed by atoms with Gasteiger partial charge in [0.2, 0.25) is 0 Å². The highest BCUT2D eigenvalue weighted by molar-refractivity contribution is 6.30. The van der Waals surface area contributed by atoms with Crippen molar-refractivity contribution in [2.75, 3.05) is 0 Å². The van der Waals surface area contributed by atoms with E-state index in [1.54, 1.807) is 0 Å². The minimum atomic E-state index is -0.472. The minimum Gasteiger partial charge on any atom is -0.387 e. The zero-order valence-electron chi connectivity index (χ0n) is 16.8. The van der Waals surface area contributed by atoms with Crippen molar-refractivity contribution in [1.29, 1.82) is 0 Å². The normalized spacial score (nSPS) is 31.4. The number of nitrogens with zero attached hydrogens (tertiary/aromatic N) is 2. The predicted molar refractivity (Wildman–Crippen MR) is 113 cm³/mol. The number of hydrogen-bond donors (Lipinski definition) is 1. The summed E-state index contributed by atoms with van der Waals surface area (Å²) >= 11 is 6.13. The first kappa shape index (κ1) is 19.3. The van der Waals surface area contributed by atoms with E-state index < -0.39 is 6.10 Å². The summed E-state index contributed by atoms with van der Waals surface area (Å²) in [6, 6.07) is 4.30. The second-order valence-corrected chi connectivity index (χ2v) is 9.92. The molecule has 0 amide bonds. The fourth-order valence-electron chi connectivity index (χ4n) is 5.51. The molecule has 1 N–H and O–H groups in total. The Morgan fingerprint density at radius 1 is 1.21 bits per heavy atom. The molecule has 2 heterocycles. The van der Waals surface area contributed by atoms with E-state index in [1.807, 2.05) is 18.6 Å². The lowest BCUT2D eigenvalue weighted by Crippen LogP contribution is -2.32. The molecule has 29 heavy (non-hydrogen) atoms. The van der Waals surface area contributed by atoms with Gasteiger partial charge in [0.15, 0.2) is 0 Å². The maximum absolute atomic E-state index is 13.7. The van der Waals surface area contributed by atoms with Gasteiger partial charge in [0.05, 0.1) is 34.9 Å². The molecule has 2 fully saturated rings. The Balaban J connectivity index is 1.34. The van der Waals surface area contributed by atoms with Gasteiger partial charge in [-0.25, -0.2) is 9.37 Å². The number of rotatable bonds is 4. The number of pyridine rings is 1. The first-order valence-corrected chi connectivity index (χ1v) is 11.2. The molecule has 3 aliphatic rings. The van der Waals surface area contributed by atoms with Crippen LogP contribution in [0.2, 0.25) is 0 Å². The molecular formula is C24H28ClFN2O. The van der Waals surface area contributed by atoms with Crippen LogP contribution in [0.4, 0.5) is 4.39 Å². The average molecular weight is 415 g/mol. The molecule has 154 valence electrons. The molecular weight excluding hydrogens is 387 g/mol. The van der Waals surface area contributed by atoms with E-state index in [2.05, 4.69) is 28.4 Å². The topological polar surface area (TPSA) is 37.5 Å². The molecule has 3 nitrogen and oxygen atoms in total. The lowest BCUT2D eigenvalue weighted by Gasteiger charge is -2.42. The third-order valence-corrected chi connectivity index (χ3v) is 7.82. The zero-order valence-corrected chi connectivity index (χ0v) is 17.6. The van der Waals surface area contributed by atoms with Crippen LogP contribution in [0.15, 0.2) is 47.7 Å². The van der Waals surface area contributed by atoms with Crippen LogP contribution in [0.3, 0.4) is 0 Å². The van der Waals surface area contributed by atoms with E-state index in [0.29, 0.717) is 23.3 Å². The van der Waals surface area contributed by atoms with E-state index in [-0.39, 0.29) is 17.2 Å². The third-order valence-electron chi connectivity index (χ3n) is 7.51. The quantitative estimate of drug-likeness (QED) is 0.625. The molecule has 2 atom stereocenters. The Morgan fingerprint density at radius 3 is 2.66 bits per heavy atom. The molecule has 2 saturated carbocycles. The molecule has 0 aliphatic heterocycles. The SMILES string of the molecule is CC1(C2CCC(C(O)c3c(C4CC4)ccc4cncn34)CC2)C=CC(F)=C(Cl)C1. The van der Waals surface area contributed by atoms with Crippen molar-refractivity contribution >= 4 is 17.1 Å². The lowest BCUT2D eigenvalue weighted by molar-refractivity contribution is 0.0508. The van der Waals surface area contributed by atoms with Crippen molar-refractivity contribution in [2.45, 2.75) is 63.9 Å². The molecule has 5 rings (SSSR count). The number of aliphatic hydroxyl groups excluding tert-OH is 1. The standard InChI is InChI=1S/C24H28ClFN2O/c1-24(11-10-21(26)20(25)12-24)17-6-4-16(5-7-17)23(29)22-19(15-2-3-15)9-8-18-13-27-14-28(18)22/h8-11,13-17,23,29H,2-7,12H2,1H3. The van der Waals surface area contributed by atoms with Crippen molar-refractivity contribution in [3.05, 3.63) is 58.9 Å². The predicted octanol–water partition coefficient (Wildman–Crippen LogP) is 6.44. The summed E-state index contributed by atoms with van der Waals surface area (Å²) in [5.41, 5.74) is 3.29. The summed E-state index contributed by atoms with van der Waals surface area (Å²) in [5, 5.41) is 11.8. The van der Waals surface area contributed by atoms with Gasteiger partial charge in [-0.2, -0.15) is 0 Å². The van der Waals surface area contributed by atoms with Gasteiger partial charge in [0.1, 0.15) is 5.83 Å². The van der Waals surface area contributed by atoms with Crippen LogP contribution in [-0.2, 0) is 0 Å². The Labute approximate surface area is 176 Å². The zero-order chi connectivity index (χ0) is 20.2. The number of halogens is 2. The summed E-state index contributed by atoms with van der Waals surface area (Å²) < 4.78 is 15.8. The number of imidazole rings is 1. The Kier molecular flexibility index (Phi) is 4.83. The number of hydrogen-bond acceptors (Lipinski definition) is 2. The van der Waals surface area contributed by atoms with Gasteiger partial charge in [-0.3, -0.25) is 0 Å². The average Bonchev–Trinajstić information content (AvgIpc) is 3.46. The Bertz CT molecular complexity index is 984. The van der Waals surface area contributed by atoms with Gasteiger partial charge in [0.25, 0.3) is 0 Å². The lowest BCUT2D eigenvalue weighted by atomic mass is 9.64. The maximum Gasteiger partial charge on any atom is 0.137 e. The van der Waals surface area contributed by atoms with Crippen molar-refractivity contribution in [3.8, 4) is 0 Å². The number of aromatic nitrogens is 2. The summed E-state index contributed by atoms with van der Waals surface area (Å²) in [7, 11) is 0. The summed E-state index contributed by atoms with van der Waals surface area (Å²) in [4.78, 5) is 4.30. The van der Waals surface area contributed by atoms with Gasteiger partial charge < -0.3 is 9.51 Å². The van der Waals surface area contributed by atoms with E-state index in [0.717, 1.165) is 36.9 Å². The largest absolute Gasteiger partial charge is 0.387 e. The third kappa shape index (κ3) is 3.44. The maximum atomic E-state index is 13.7. The van der Waals surface area contributed by atoms with Gasteiger partial charge in [-0.15, -0.1) is 0 Å². The van der Waals surface area contributed by atoms with Crippen LogP contribution in [0, 0.1) is 17.3 Å². The number of fused-ring (bicyclic) bond motifs is 1. The number of aliphatic hydroxyl groups is 1. The number of allylic oxidation sites excluding steroid dienone is 4. The highest BCUT2D eigenvalue weighted by atomic mass is 35.5. The van der Waals surface area contributed by atoms with E-state index in [4.69, 9.17) is 11.6 Å². The van der Waals surface area contributed by atoms with Crippen LogP contribution in [0.25, 0.3) is 5.52 Å². The molecule has 0 bridgehead atoms. The summed E-state index contributed by atoms with van der Waals surface area (Å²) in [5.74, 6) is 0.999. The van der Waals surface area contributed by atoms with E-state index in [9.17, 15) is 9.50 Å². The molecule has 0 radical (unpaired) electrons. The molecule has 2 aromatic rings. The molecule has 0 aromatic carbocycles. The summed E-state index contributed by atoms with van der Waals surface area (Å²) in [6.07, 6.45) is 13.8. The minimum absolute atomic E-state index is 0.0911. The first-order valence-electron chi connectivity index (χ1n) is 10.8. The molecule has 2 aromatic heterocycles. The van der Waals surface area contributed by atoms with Gasteiger partial charge >= 0.3 is 0 Å². The van der Waals surface area contributed by atoms with E-state index >= 15 is 0 Å². The molecule has 0 spiro atoms. The fourth-order valence-corrected chi connectivity index (χ4v) is 5.86. The van der Waals surface area contributed by atoms with Crippen molar-refractivity contribution in [3.63, 3.8) is 0 Å². The second kappa shape index (κ2) is 7.24. The fraction of sp³-hybridized carbons (Fsp3) is 0.542. The highest BCUT2D eigenvalue weighted by Gasteiger charge is 2.40. The van der Waals surface area contributed by atoms with Gasteiger partial charge in [0, 0.05) is 0 Å². The van der Waals surface area contributed by atoms with Crippen molar-refractivity contribution in [2.24, 2.45) is 17.3 Å². The van der Waals surface area contributed by atoms with Crippen molar-refractivity contribution < 1.29 is 9.50 Å². The van der Waals surface area contributed by atoms with Gasteiger partial charge in [-0.1, -0.05) is 30.7 Å². The first-order chi connectivity index (χ1) is 14.0. The monoisotopic (exact) mass is 414 g/mol. The highest BCUT2D eigenvalue weighted by Crippen LogP contribution is 2.51. The Hall–Kier alpha value is -1.65. The van der Waals surface area contributed by atoms with E-state index in [1.165, 1.54) is 24.5 Å². The smallest absolute Gasteiger partial charge is 0.137 e. The van der Waals surface area contributed by atoms with Crippen LogP contribution in [0.5, 0.6) is 0 Å². The Morgan fingerprint density at radius 2 is 1.97 bits per heavy atom. The van der Waals surface area contributed by atoms with Crippen LogP contribution in [0.1, 0.15) is 75.1 Å². The summed E-state index contributed by atoms with van der Waals surface area (Å²) in [6.45, 7) is 2.19. The van der Waals surface area contributed by atoms with Crippen LogP contribution >= 0.6 is 11.6 Å². The molecule has 3 aliphatic carbocycles. The molecule has 5 heteroatoms. The van der Waals surface area contributed by atoms with Crippen molar-refractivity contribution in [1.82, 2.24) is 9.38 Å². The second-order valence-electron chi connectivity index (χ2n) is 9.46. The van der Waals surface area contributed by atoms with Crippen LogP contribution in [-0.4, -0.2) is 14.5 Å². The molecule has 2 unspecified atom stereocenters. The van der Waals surface area contributed by atoms with Gasteiger partial charge in [-0.05, 0) is 85.8 Å².